The second kappa shape index (κ2) is 6.17. The van der Waals surface area contributed by atoms with Crippen molar-refractivity contribution in [3.05, 3.63) is 28.8 Å². The van der Waals surface area contributed by atoms with Gasteiger partial charge in [0.05, 0.1) is 22.1 Å². The van der Waals surface area contributed by atoms with E-state index < -0.39 is 15.7 Å². The summed E-state index contributed by atoms with van der Waals surface area (Å²) in [5, 5.41) is 2.78. The van der Waals surface area contributed by atoms with Crippen molar-refractivity contribution in [3.8, 4) is 0 Å². The Bertz CT molecular complexity index is 542. The molecule has 1 aromatic rings. The molecule has 1 rings (SSSR count). The van der Waals surface area contributed by atoms with Gasteiger partial charge in [-0.05, 0) is 18.2 Å². The number of amides is 1. The lowest BCUT2D eigenvalue weighted by Crippen LogP contribution is -2.27. The molecular weight excluding hydrogens is 278 g/mol. The normalized spacial score (nSPS) is 11.3. The van der Waals surface area contributed by atoms with Crippen molar-refractivity contribution in [2.75, 3.05) is 26.5 Å². The molecule has 5 nitrogen and oxygen atoms in total. The van der Waals surface area contributed by atoms with Crippen LogP contribution in [0, 0.1) is 0 Å². The van der Waals surface area contributed by atoms with Crippen LogP contribution in [0.3, 0.4) is 0 Å². The molecule has 0 heterocycles. The first-order valence-corrected chi connectivity index (χ1v) is 7.40. The van der Waals surface area contributed by atoms with Crippen molar-refractivity contribution in [2.45, 2.75) is 4.90 Å². The van der Waals surface area contributed by atoms with Crippen LogP contribution in [0.1, 0.15) is 10.4 Å². The van der Waals surface area contributed by atoms with Crippen LogP contribution in [-0.2, 0) is 14.6 Å². The summed E-state index contributed by atoms with van der Waals surface area (Å²) >= 11 is 5.87. The van der Waals surface area contributed by atoms with Crippen molar-refractivity contribution in [1.29, 1.82) is 0 Å². The molecule has 7 heteroatoms. The lowest BCUT2D eigenvalue weighted by molar-refractivity contribution is 0.0937. The number of halogens is 1. The largest absolute Gasteiger partial charge is 0.383 e. The lowest BCUT2D eigenvalue weighted by atomic mass is 10.2. The van der Waals surface area contributed by atoms with Gasteiger partial charge in [-0.25, -0.2) is 8.42 Å². The van der Waals surface area contributed by atoms with E-state index in [0.717, 1.165) is 6.26 Å². The van der Waals surface area contributed by atoms with Gasteiger partial charge in [0.2, 0.25) is 0 Å². The van der Waals surface area contributed by atoms with E-state index in [4.69, 9.17) is 16.3 Å². The van der Waals surface area contributed by atoms with Crippen LogP contribution < -0.4 is 5.32 Å². The molecule has 0 saturated carbocycles. The van der Waals surface area contributed by atoms with Crippen LogP contribution in [0.2, 0.25) is 5.02 Å². The van der Waals surface area contributed by atoms with Crippen molar-refractivity contribution < 1.29 is 17.9 Å². The van der Waals surface area contributed by atoms with E-state index in [-0.39, 0.29) is 15.5 Å². The smallest absolute Gasteiger partial charge is 0.252 e. The maximum Gasteiger partial charge on any atom is 0.252 e. The highest BCUT2D eigenvalue weighted by Gasteiger charge is 2.14. The fourth-order valence-corrected chi connectivity index (χ4v) is 2.12. The molecule has 0 atom stereocenters. The summed E-state index contributed by atoms with van der Waals surface area (Å²) in [4.78, 5) is 11.8. The van der Waals surface area contributed by atoms with Gasteiger partial charge in [-0.2, -0.15) is 0 Å². The summed E-state index contributed by atoms with van der Waals surface area (Å²) < 4.78 is 27.6. The average Bonchev–Trinajstić information content (AvgIpc) is 2.28. The number of hydrogen-bond acceptors (Lipinski definition) is 4. The maximum atomic E-state index is 11.8. The second-order valence-electron chi connectivity index (χ2n) is 3.66. The number of ether oxygens (including phenoxy) is 1. The third-order valence-electron chi connectivity index (χ3n) is 2.20. The molecule has 0 bridgehead atoms. The Hall–Kier alpha value is -1.11. The van der Waals surface area contributed by atoms with Crippen LogP contribution in [-0.4, -0.2) is 40.8 Å². The minimum atomic E-state index is -3.36. The van der Waals surface area contributed by atoms with Crippen LogP contribution in [0.4, 0.5) is 0 Å². The van der Waals surface area contributed by atoms with Gasteiger partial charge >= 0.3 is 0 Å². The number of nitrogens with one attached hydrogen (secondary N) is 1. The Morgan fingerprint density at radius 1 is 1.44 bits per heavy atom. The Balaban J connectivity index is 2.97. The summed E-state index contributed by atoms with van der Waals surface area (Å²) in [5.41, 5.74) is 0.135. The first-order chi connectivity index (χ1) is 8.36. The molecule has 0 unspecified atom stereocenters. The van der Waals surface area contributed by atoms with E-state index in [1.807, 2.05) is 0 Å². The number of hydrogen-bond donors (Lipinski definition) is 1. The molecule has 1 N–H and O–H groups in total. The molecule has 0 spiro atoms. The number of benzene rings is 1. The van der Waals surface area contributed by atoms with Gasteiger partial charge in [0, 0.05) is 19.9 Å². The number of methoxy groups -OCH3 is 1. The van der Waals surface area contributed by atoms with E-state index in [1.54, 1.807) is 0 Å². The minimum absolute atomic E-state index is 0.0591. The summed E-state index contributed by atoms with van der Waals surface area (Å²) in [5.74, 6) is -0.428. The molecule has 1 aromatic carbocycles. The summed E-state index contributed by atoms with van der Waals surface area (Å²) in [6.07, 6.45) is 1.07. The molecule has 0 aliphatic carbocycles. The van der Waals surface area contributed by atoms with E-state index in [1.165, 1.54) is 25.3 Å². The van der Waals surface area contributed by atoms with Crippen molar-refractivity contribution in [1.82, 2.24) is 5.32 Å². The van der Waals surface area contributed by atoms with Crippen molar-refractivity contribution in [3.63, 3.8) is 0 Å². The number of sulfone groups is 1. The lowest BCUT2D eigenvalue weighted by Gasteiger charge is -2.07. The monoisotopic (exact) mass is 291 g/mol. The van der Waals surface area contributed by atoms with Crippen LogP contribution in [0.5, 0.6) is 0 Å². The van der Waals surface area contributed by atoms with Gasteiger partial charge in [-0.3, -0.25) is 4.79 Å². The van der Waals surface area contributed by atoms with E-state index >= 15 is 0 Å². The Morgan fingerprint density at radius 3 is 2.67 bits per heavy atom. The van der Waals surface area contributed by atoms with Gasteiger partial charge < -0.3 is 10.1 Å². The SMILES string of the molecule is COCCNC(=O)c1cc(S(C)(=O)=O)ccc1Cl. The second-order valence-corrected chi connectivity index (χ2v) is 6.09. The zero-order chi connectivity index (χ0) is 13.8. The highest BCUT2D eigenvalue weighted by atomic mass is 35.5. The molecule has 0 saturated heterocycles. The molecule has 0 fully saturated rings. The van der Waals surface area contributed by atoms with Crippen LogP contribution in [0.15, 0.2) is 23.1 Å². The topological polar surface area (TPSA) is 72.5 Å². The first kappa shape index (κ1) is 14.9. The van der Waals surface area contributed by atoms with Gasteiger partial charge in [-0.15, -0.1) is 0 Å². The van der Waals surface area contributed by atoms with Crippen LogP contribution in [0.25, 0.3) is 0 Å². The summed E-state index contributed by atoms with van der Waals surface area (Å²) in [6, 6.07) is 4.02. The molecule has 100 valence electrons. The Labute approximate surface area is 111 Å². The molecular formula is C11H14ClNO4S. The average molecular weight is 292 g/mol. The third-order valence-corrected chi connectivity index (χ3v) is 3.64. The van der Waals surface area contributed by atoms with E-state index in [0.29, 0.717) is 13.2 Å². The number of carbonyl (C=O) groups is 1. The quantitative estimate of drug-likeness (QED) is 0.825. The zero-order valence-corrected chi connectivity index (χ0v) is 11.6. The van der Waals surface area contributed by atoms with Crippen LogP contribution >= 0.6 is 11.6 Å². The third kappa shape index (κ3) is 3.97. The van der Waals surface area contributed by atoms with Gasteiger partial charge in [0.15, 0.2) is 9.84 Å². The van der Waals surface area contributed by atoms with E-state index in [2.05, 4.69) is 5.32 Å². The van der Waals surface area contributed by atoms with Crippen molar-refractivity contribution >= 4 is 27.3 Å². The highest BCUT2D eigenvalue weighted by Crippen LogP contribution is 2.20. The van der Waals surface area contributed by atoms with E-state index in [9.17, 15) is 13.2 Å². The Morgan fingerprint density at radius 2 is 2.11 bits per heavy atom. The fourth-order valence-electron chi connectivity index (χ4n) is 1.27. The fraction of sp³-hybridized carbons (Fsp3) is 0.364. The molecule has 0 aliphatic rings. The molecule has 1 amide bonds. The summed E-state index contributed by atoms with van der Waals surface area (Å²) in [6.45, 7) is 0.698. The van der Waals surface area contributed by atoms with Gasteiger partial charge in [-0.1, -0.05) is 11.6 Å². The molecule has 0 aliphatic heterocycles. The minimum Gasteiger partial charge on any atom is -0.383 e. The standard InChI is InChI=1S/C11H14ClNO4S/c1-17-6-5-13-11(14)9-7-8(18(2,15)16)3-4-10(9)12/h3-4,7H,5-6H2,1-2H3,(H,13,14). The predicted octanol–water partition coefficient (Wildman–Crippen LogP) is 1.12. The molecule has 18 heavy (non-hydrogen) atoms. The van der Waals surface area contributed by atoms with Gasteiger partial charge in [0.25, 0.3) is 5.91 Å². The Kier molecular flexibility index (Phi) is 5.13. The van der Waals surface area contributed by atoms with Gasteiger partial charge in [0.1, 0.15) is 0 Å². The molecule has 0 radical (unpaired) electrons. The molecule has 0 aromatic heterocycles. The maximum absolute atomic E-state index is 11.8. The first-order valence-electron chi connectivity index (χ1n) is 5.13. The predicted molar refractivity (Wildman–Crippen MR) is 68.8 cm³/mol. The highest BCUT2D eigenvalue weighted by molar-refractivity contribution is 7.90. The summed E-state index contributed by atoms with van der Waals surface area (Å²) in [7, 11) is -1.85. The van der Waals surface area contributed by atoms with Crippen molar-refractivity contribution in [2.24, 2.45) is 0 Å². The number of carbonyl (C=O) groups excluding carboxylic acids is 1. The zero-order valence-electron chi connectivity index (χ0n) is 10.1. The number of rotatable bonds is 5.